The first-order valence-corrected chi connectivity index (χ1v) is 8.86. The van der Waals surface area contributed by atoms with E-state index in [1.165, 1.54) is 16.8 Å². The van der Waals surface area contributed by atoms with Gasteiger partial charge in [0.2, 0.25) is 0 Å². The van der Waals surface area contributed by atoms with Gasteiger partial charge in [0, 0.05) is 23.7 Å². The van der Waals surface area contributed by atoms with Gasteiger partial charge in [0.1, 0.15) is 0 Å². The second kappa shape index (κ2) is 6.03. The number of benzene rings is 2. The van der Waals surface area contributed by atoms with Gasteiger partial charge in [-0.1, -0.05) is 56.3 Å². The molecule has 0 amide bonds. The van der Waals surface area contributed by atoms with Gasteiger partial charge in [-0.05, 0) is 34.9 Å². The lowest BCUT2D eigenvalue weighted by molar-refractivity contribution is -0.384. The summed E-state index contributed by atoms with van der Waals surface area (Å²) in [5, 5.41) is 14.7. The molecule has 0 saturated heterocycles. The molecule has 4 heteroatoms. The number of anilines is 1. The van der Waals surface area contributed by atoms with Crippen molar-refractivity contribution >= 4 is 11.4 Å². The summed E-state index contributed by atoms with van der Waals surface area (Å²) in [5.74, 6) is 1.31. The van der Waals surface area contributed by atoms with Gasteiger partial charge in [0.05, 0.1) is 11.0 Å². The van der Waals surface area contributed by atoms with Crippen LogP contribution in [0.25, 0.3) is 0 Å². The molecular formula is C21H22N2O2. The summed E-state index contributed by atoms with van der Waals surface area (Å²) in [5.41, 5.74) is 5.22. The van der Waals surface area contributed by atoms with Crippen LogP contribution >= 0.6 is 0 Å². The summed E-state index contributed by atoms with van der Waals surface area (Å²) in [4.78, 5) is 10.6. The van der Waals surface area contributed by atoms with Crippen LogP contribution in [0, 0.1) is 16.0 Å². The largest absolute Gasteiger partial charge is 0.377 e. The van der Waals surface area contributed by atoms with Gasteiger partial charge in [0.15, 0.2) is 0 Å². The zero-order valence-corrected chi connectivity index (χ0v) is 14.5. The van der Waals surface area contributed by atoms with Crippen LogP contribution in [0.4, 0.5) is 11.4 Å². The minimum absolute atomic E-state index is 0.143. The van der Waals surface area contributed by atoms with Gasteiger partial charge in [-0.15, -0.1) is 0 Å². The third-order valence-electron chi connectivity index (χ3n) is 5.51. The van der Waals surface area contributed by atoms with E-state index in [-0.39, 0.29) is 16.7 Å². The Balaban J connectivity index is 1.77. The minimum atomic E-state index is -0.343. The van der Waals surface area contributed by atoms with E-state index in [9.17, 15) is 10.1 Å². The van der Waals surface area contributed by atoms with Crippen molar-refractivity contribution in [2.24, 2.45) is 5.92 Å². The summed E-state index contributed by atoms with van der Waals surface area (Å²) in [6, 6.07) is 13.8. The molecule has 1 aliphatic heterocycles. The highest BCUT2D eigenvalue weighted by molar-refractivity contribution is 5.65. The van der Waals surface area contributed by atoms with E-state index < -0.39 is 0 Å². The van der Waals surface area contributed by atoms with Crippen molar-refractivity contribution in [1.29, 1.82) is 0 Å². The molecule has 3 atom stereocenters. The number of non-ortho nitro benzene ring substituents is 1. The number of nitrogens with zero attached hydrogens (tertiary/aromatic N) is 1. The van der Waals surface area contributed by atoms with E-state index in [0.717, 1.165) is 12.0 Å². The van der Waals surface area contributed by atoms with Crippen LogP contribution in [0.5, 0.6) is 0 Å². The molecule has 4 rings (SSSR count). The van der Waals surface area contributed by atoms with Crippen LogP contribution in [0.2, 0.25) is 0 Å². The van der Waals surface area contributed by atoms with Crippen LogP contribution in [0.15, 0.2) is 54.6 Å². The Hall–Kier alpha value is -2.62. The summed E-state index contributed by atoms with van der Waals surface area (Å²) < 4.78 is 0. The fourth-order valence-corrected chi connectivity index (χ4v) is 4.26. The van der Waals surface area contributed by atoms with E-state index in [2.05, 4.69) is 49.5 Å². The zero-order chi connectivity index (χ0) is 17.6. The monoisotopic (exact) mass is 334 g/mol. The van der Waals surface area contributed by atoms with Crippen molar-refractivity contribution < 1.29 is 4.92 Å². The average Bonchev–Trinajstić information content (AvgIpc) is 3.10. The second-order valence-electron chi connectivity index (χ2n) is 7.29. The van der Waals surface area contributed by atoms with Crippen LogP contribution in [-0.2, 0) is 0 Å². The molecule has 128 valence electrons. The third-order valence-corrected chi connectivity index (χ3v) is 5.51. The quantitative estimate of drug-likeness (QED) is 0.455. The number of rotatable bonds is 3. The van der Waals surface area contributed by atoms with Crippen LogP contribution in [0.3, 0.4) is 0 Å². The van der Waals surface area contributed by atoms with Crippen LogP contribution in [0.1, 0.15) is 54.8 Å². The van der Waals surface area contributed by atoms with Crippen molar-refractivity contribution in [3.8, 4) is 0 Å². The molecule has 0 radical (unpaired) electrons. The molecule has 1 aliphatic carbocycles. The Morgan fingerprint density at radius 2 is 1.92 bits per heavy atom. The first-order valence-electron chi connectivity index (χ1n) is 8.86. The molecule has 2 aliphatic rings. The predicted octanol–water partition coefficient (Wildman–Crippen LogP) is 5.54. The highest BCUT2D eigenvalue weighted by Crippen LogP contribution is 2.51. The summed E-state index contributed by atoms with van der Waals surface area (Å²) in [6.45, 7) is 4.43. The predicted molar refractivity (Wildman–Crippen MR) is 100.0 cm³/mol. The van der Waals surface area contributed by atoms with E-state index >= 15 is 0 Å². The third kappa shape index (κ3) is 2.62. The van der Waals surface area contributed by atoms with E-state index in [0.29, 0.717) is 17.8 Å². The number of hydrogen-bond acceptors (Lipinski definition) is 3. The molecule has 1 N–H and O–H groups in total. The molecule has 0 saturated carbocycles. The molecule has 0 aromatic heterocycles. The molecule has 0 bridgehead atoms. The molecule has 4 nitrogen and oxygen atoms in total. The summed E-state index contributed by atoms with van der Waals surface area (Å²) in [6.07, 6.45) is 5.63. The van der Waals surface area contributed by atoms with Crippen molar-refractivity contribution in [3.63, 3.8) is 0 Å². The Labute approximate surface area is 147 Å². The maximum absolute atomic E-state index is 10.9. The van der Waals surface area contributed by atoms with Gasteiger partial charge in [0.25, 0.3) is 5.69 Å². The van der Waals surface area contributed by atoms with Crippen molar-refractivity contribution in [1.82, 2.24) is 0 Å². The van der Waals surface area contributed by atoms with E-state index in [1.54, 1.807) is 12.1 Å². The van der Waals surface area contributed by atoms with Crippen LogP contribution < -0.4 is 5.32 Å². The van der Waals surface area contributed by atoms with E-state index in [4.69, 9.17) is 0 Å². The first kappa shape index (κ1) is 15.9. The Bertz CT molecular complexity index is 839. The van der Waals surface area contributed by atoms with Gasteiger partial charge >= 0.3 is 0 Å². The van der Waals surface area contributed by atoms with Gasteiger partial charge in [-0.3, -0.25) is 10.1 Å². The summed E-state index contributed by atoms with van der Waals surface area (Å²) in [7, 11) is 0. The topological polar surface area (TPSA) is 55.2 Å². The Morgan fingerprint density at radius 3 is 2.60 bits per heavy atom. The fourth-order valence-electron chi connectivity index (χ4n) is 4.26. The standard InChI is InChI=1S/C21H22N2O2/c1-13(2)16-5-3-8-19-17-6-4-7-18(17)20(22-21(16)19)14-9-11-15(12-10-14)23(24)25/h3-6,8-13,17-18,20,22H,7H2,1-2H3/t17-,18-,20-/m1/s1. The van der Waals surface area contributed by atoms with Crippen LogP contribution in [-0.4, -0.2) is 4.92 Å². The van der Waals surface area contributed by atoms with Crippen molar-refractivity contribution in [3.05, 3.63) is 81.4 Å². The van der Waals surface area contributed by atoms with Gasteiger partial charge in [-0.25, -0.2) is 0 Å². The first-order chi connectivity index (χ1) is 12.1. The fraction of sp³-hybridized carbons (Fsp3) is 0.333. The minimum Gasteiger partial charge on any atom is -0.377 e. The lowest BCUT2D eigenvalue weighted by atomic mass is 9.75. The summed E-state index contributed by atoms with van der Waals surface area (Å²) >= 11 is 0. The maximum Gasteiger partial charge on any atom is 0.269 e. The van der Waals surface area contributed by atoms with Gasteiger partial charge in [-0.2, -0.15) is 0 Å². The molecule has 0 fully saturated rings. The second-order valence-corrected chi connectivity index (χ2v) is 7.29. The molecule has 2 aromatic rings. The lowest BCUT2D eigenvalue weighted by Crippen LogP contribution is -2.29. The van der Waals surface area contributed by atoms with Gasteiger partial charge < -0.3 is 5.32 Å². The molecule has 1 heterocycles. The number of para-hydroxylation sites is 1. The lowest BCUT2D eigenvalue weighted by Gasteiger charge is -2.39. The number of hydrogen-bond donors (Lipinski definition) is 1. The van der Waals surface area contributed by atoms with Crippen molar-refractivity contribution in [2.45, 2.75) is 38.1 Å². The molecular weight excluding hydrogens is 312 g/mol. The Kier molecular flexibility index (Phi) is 3.83. The molecule has 2 aromatic carbocycles. The number of allylic oxidation sites excluding steroid dienone is 2. The molecule has 0 unspecified atom stereocenters. The highest BCUT2D eigenvalue weighted by atomic mass is 16.6. The van der Waals surface area contributed by atoms with E-state index in [1.807, 2.05) is 12.1 Å². The normalized spacial score (nSPS) is 23.9. The number of nitro groups is 1. The zero-order valence-electron chi connectivity index (χ0n) is 14.5. The SMILES string of the molecule is CC(C)c1cccc2c1N[C@H](c1ccc([N+](=O)[O-])cc1)[C@@H]1CC=C[C@@H]21. The number of fused-ring (bicyclic) bond motifs is 3. The molecule has 25 heavy (non-hydrogen) atoms. The average molecular weight is 334 g/mol. The van der Waals surface area contributed by atoms with Crippen molar-refractivity contribution in [2.75, 3.05) is 5.32 Å². The number of nitrogens with one attached hydrogen (secondary N) is 1. The molecule has 0 spiro atoms. The number of nitro benzene ring substituents is 1. The highest BCUT2D eigenvalue weighted by Gasteiger charge is 2.38. The Morgan fingerprint density at radius 1 is 1.16 bits per heavy atom. The smallest absolute Gasteiger partial charge is 0.269 e. The maximum atomic E-state index is 10.9.